The largest absolute Gasteiger partial charge is 0.466 e. The predicted molar refractivity (Wildman–Crippen MR) is 56.2 cm³/mol. The van der Waals surface area contributed by atoms with Crippen LogP contribution in [0.3, 0.4) is 0 Å². The molecule has 16 heavy (non-hydrogen) atoms. The van der Waals surface area contributed by atoms with Crippen molar-refractivity contribution in [1.29, 1.82) is 0 Å². The zero-order valence-electron chi connectivity index (χ0n) is 9.36. The van der Waals surface area contributed by atoms with Crippen LogP contribution in [-0.4, -0.2) is 36.2 Å². The number of urea groups is 1. The number of ether oxygens (including phenoxy) is 1. The van der Waals surface area contributed by atoms with Crippen LogP contribution in [0.25, 0.3) is 0 Å². The minimum Gasteiger partial charge on any atom is -0.466 e. The fourth-order valence-corrected chi connectivity index (χ4v) is 2.40. The van der Waals surface area contributed by atoms with E-state index in [4.69, 9.17) is 0 Å². The van der Waals surface area contributed by atoms with Crippen molar-refractivity contribution in [2.75, 3.05) is 7.11 Å². The van der Waals surface area contributed by atoms with E-state index in [0.29, 0.717) is 0 Å². The Morgan fingerprint density at radius 2 is 2.06 bits per heavy atom. The molecule has 0 aromatic rings. The SMILES string of the molecule is COC(=O)C1NNC(=O)N1C1CCCCC1. The molecule has 1 unspecified atom stereocenters. The first-order valence-electron chi connectivity index (χ1n) is 5.65. The van der Waals surface area contributed by atoms with Crippen molar-refractivity contribution in [3.63, 3.8) is 0 Å². The summed E-state index contributed by atoms with van der Waals surface area (Å²) in [5.41, 5.74) is 5.12. The number of hydrogen-bond donors (Lipinski definition) is 2. The Morgan fingerprint density at radius 3 is 2.69 bits per heavy atom. The van der Waals surface area contributed by atoms with Gasteiger partial charge < -0.3 is 4.74 Å². The van der Waals surface area contributed by atoms with E-state index in [-0.39, 0.29) is 12.1 Å². The molecule has 2 amide bonds. The van der Waals surface area contributed by atoms with Crippen LogP contribution in [0.2, 0.25) is 0 Å². The molecule has 90 valence electrons. The summed E-state index contributed by atoms with van der Waals surface area (Å²) in [6.07, 6.45) is 4.68. The summed E-state index contributed by atoms with van der Waals surface area (Å²) in [4.78, 5) is 24.7. The number of carbonyl (C=O) groups excluding carboxylic acids is 2. The highest BCUT2D eigenvalue weighted by Crippen LogP contribution is 2.25. The van der Waals surface area contributed by atoms with Crippen LogP contribution in [0.4, 0.5) is 4.79 Å². The molecule has 0 radical (unpaired) electrons. The Bertz CT molecular complexity index is 289. The first-order valence-corrected chi connectivity index (χ1v) is 5.65. The average molecular weight is 227 g/mol. The highest BCUT2D eigenvalue weighted by Gasteiger charge is 2.41. The summed E-state index contributed by atoms with van der Waals surface area (Å²) < 4.78 is 4.67. The molecule has 1 atom stereocenters. The van der Waals surface area contributed by atoms with Gasteiger partial charge in [-0.15, -0.1) is 0 Å². The number of esters is 1. The first-order chi connectivity index (χ1) is 7.74. The lowest BCUT2D eigenvalue weighted by molar-refractivity contribution is -0.147. The van der Waals surface area contributed by atoms with Crippen LogP contribution in [-0.2, 0) is 9.53 Å². The van der Waals surface area contributed by atoms with Gasteiger partial charge in [0.05, 0.1) is 7.11 Å². The molecule has 6 heteroatoms. The number of hydrogen-bond acceptors (Lipinski definition) is 4. The number of hydrazine groups is 1. The van der Waals surface area contributed by atoms with Crippen LogP contribution < -0.4 is 10.9 Å². The van der Waals surface area contributed by atoms with Crippen molar-refractivity contribution in [2.24, 2.45) is 0 Å². The Hall–Kier alpha value is -1.30. The topological polar surface area (TPSA) is 70.7 Å². The molecule has 0 aromatic heterocycles. The standard InChI is InChI=1S/C10H17N3O3/c1-16-9(14)8-11-12-10(15)13(8)7-5-3-2-4-6-7/h7-8,11H,2-6H2,1H3,(H,12,15). The van der Waals surface area contributed by atoms with Crippen molar-refractivity contribution >= 4 is 12.0 Å². The second-order valence-corrected chi connectivity index (χ2v) is 4.20. The van der Waals surface area contributed by atoms with Crippen LogP contribution in [0.1, 0.15) is 32.1 Å². The molecular weight excluding hydrogens is 210 g/mol. The quantitative estimate of drug-likeness (QED) is 0.668. The maximum absolute atomic E-state index is 11.6. The molecule has 0 aromatic carbocycles. The third-order valence-electron chi connectivity index (χ3n) is 3.22. The maximum Gasteiger partial charge on any atom is 0.345 e. The van der Waals surface area contributed by atoms with Gasteiger partial charge in [-0.2, -0.15) is 0 Å². The highest BCUT2D eigenvalue weighted by molar-refractivity contribution is 5.86. The van der Waals surface area contributed by atoms with Crippen molar-refractivity contribution in [3.05, 3.63) is 0 Å². The monoisotopic (exact) mass is 227 g/mol. The van der Waals surface area contributed by atoms with Gasteiger partial charge in [0, 0.05) is 6.04 Å². The predicted octanol–water partition coefficient (Wildman–Crippen LogP) is 0.348. The molecule has 0 bridgehead atoms. The molecule has 1 heterocycles. The zero-order chi connectivity index (χ0) is 11.5. The fraction of sp³-hybridized carbons (Fsp3) is 0.800. The Kier molecular flexibility index (Phi) is 3.28. The van der Waals surface area contributed by atoms with E-state index in [2.05, 4.69) is 15.6 Å². The molecule has 2 rings (SSSR count). The normalized spacial score (nSPS) is 26.7. The van der Waals surface area contributed by atoms with Crippen molar-refractivity contribution in [3.8, 4) is 0 Å². The van der Waals surface area contributed by atoms with Gasteiger partial charge in [-0.05, 0) is 12.8 Å². The maximum atomic E-state index is 11.6. The van der Waals surface area contributed by atoms with Crippen molar-refractivity contribution in [2.45, 2.75) is 44.3 Å². The van der Waals surface area contributed by atoms with Crippen LogP contribution in [0.15, 0.2) is 0 Å². The summed E-state index contributed by atoms with van der Waals surface area (Å²) in [6, 6.07) is -0.0878. The number of carbonyl (C=O) groups is 2. The summed E-state index contributed by atoms with van der Waals surface area (Å²) >= 11 is 0. The molecule has 2 aliphatic rings. The molecule has 2 fully saturated rings. The third-order valence-corrected chi connectivity index (χ3v) is 3.22. The van der Waals surface area contributed by atoms with E-state index < -0.39 is 12.1 Å². The summed E-state index contributed by atoms with van der Waals surface area (Å²) in [7, 11) is 1.33. The van der Waals surface area contributed by atoms with E-state index in [9.17, 15) is 9.59 Å². The van der Waals surface area contributed by atoms with E-state index in [1.54, 1.807) is 4.90 Å². The van der Waals surface area contributed by atoms with Gasteiger partial charge >= 0.3 is 12.0 Å². The van der Waals surface area contributed by atoms with Crippen LogP contribution >= 0.6 is 0 Å². The second-order valence-electron chi connectivity index (χ2n) is 4.20. The van der Waals surface area contributed by atoms with Crippen molar-refractivity contribution < 1.29 is 14.3 Å². The molecule has 0 spiro atoms. The lowest BCUT2D eigenvalue weighted by atomic mass is 9.94. The number of amides is 2. The number of nitrogens with zero attached hydrogens (tertiary/aromatic N) is 1. The molecule has 6 nitrogen and oxygen atoms in total. The van der Waals surface area contributed by atoms with Crippen LogP contribution in [0.5, 0.6) is 0 Å². The number of nitrogens with one attached hydrogen (secondary N) is 2. The molecule has 2 N–H and O–H groups in total. The molecular formula is C10H17N3O3. The van der Waals surface area contributed by atoms with E-state index in [1.807, 2.05) is 0 Å². The van der Waals surface area contributed by atoms with Gasteiger partial charge in [0.15, 0.2) is 0 Å². The molecule has 1 aliphatic heterocycles. The minimum absolute atomic E-state index is 0.146. The molecule has 1 saturated heterocycles. The minimum atomic E-state index is -0.680. The average Bonchev–Trinajstić information content (AvgIpc) is 2.71. The Morgan fingerprint density at radius 1 is 1.38 bits per heavy atom. The molecule has 1 saturated carbocycles. The number of methoxy groups -OCH3 is 1. The smallest absolute Gasteiger partial charge is 0.345 e. The van der Waals surface area contributed by atoms with Crippen molar-refractivity contribution in [1.82, 2.24) is 15.8 Å². The fourth-order valence-electron chi connectivity index (χ4n) is 2.40. The summed E-state index contributed by atoms with van der Waals surface area (Å²) in [5, 5.41) is 0. The highest BCUT2D eigenvalue weighted by atomic mass is 16.5. The number of rotatable bonds is 2. The zero-order valence-corrected chi connectivity index (χ0v) is 9.36. The van der Waals surface area contributed by atoms with Crippen LogP contribution in [0, 0.1) is 0 Å². The van der Waals surface area contributed by atoms with E-state index in [1.165, 1.54) is 13.5 Å². The summed E-state index contributed by atoms with van der Waals surface area (Å²) in [5.74, 6) is -0.427. The molecule has 1 aliphatic carbocycles. The second kappa shape index (κ2) is 4.69. The lowest BCUT2D eigenvalue weighted by Crippen LogP contribution is -2.49. The van der Waals surface area contributed by atoms with E-state index in [0.717, 1.165) is 25.7 Å². The summed E-state index contributed by atoms with van der Waals surface area (Å²) in [6.45, 7) is 0. The van der Waals surface area contributed by atoms with Gasteiger partial charge in [-0.1, -0.05) is 19.3 Å². The van der Waals surface area contributed by atoms with Gasteiger partial charge in [0.25, 0.3) is 0 Å². The van der Waals surface area contributed by atoms with Gasteiger partial charge in [0.1, 0.15) is 0 Å². The van der Waals surface area contributed by atoms with Gasteiger partial charge in [-0.3, -0.25) is 10.3 Å². The van der Waals surface area contributed by atoms with Gasteiger partial charge in [0.2, 0.25) is 6.17 Å². The first kappa shape index (κ1) is 11.2. The Balaban J connectivity index is 2.08. The lowest BCUT2D eigenvalue weighted by Gasteiger charge is -2.32. The van der Waals surface area contributed by atoms with Gasteiger partial charge in [-0.25, -0.2) is 15.0 Å². The Labute approximate surface area is 94.3 Å². The van der Waals surface area contributed by atoms with E-state index >= 15 is 0 Å². The third kappa shape index (κ3) is 1.97.